The minimum Gasteiger partial charge on any atom is -0.486 e. The molecule has 0 atom stereocenters. The monoisotopic (exact) mass is 282 g/mol. The van der Waals surface area contributed by atoms with Crippen LogP contribution in [0.25, 0.3) is 0 Å². The number of hydrogen-bond donors (Lipinski definition) is 0. The highest BCUT2D eigenvalue weighted by Crippen LogP contribution is 2.21. The summed E-state index contributed by atoms with van der Waals surface area (Å²) in [5.74, 6) is 1.30. The van der Waals surface area contributed by atoms with Crippen LogP contribution in [0.2, 0.25) is 10.2 Å². The van der Waals surface area contributed by atoms with Gasteiger partial charge in [0.05, 0.1) is 0 Å². The second-order valence-electron chi connectivity index (χ2n) is 3.95. The number of nitrogens with zero attached hydrogens (tertiary/aromatic N) is 2. The van der Waals surface area contributed by atoms with Crippen molar-refractivity contribution in [1.82, 2.24) is 9.97 Å². The lowest BCUT2D eigenvalue weighted by molar-refractivity contribution is 0.295. The first-order valence-corrected chi connectivity index (χ1v) is 6.19. The molecule has 1 heterocycles. The van der Waals surface area contributed by atoms with E-state index in [1.54, 1.807) is 12.1 Å². The first-order valence-electron chi connectivity index (χ1n) is 5.43. The smallest absolute Gasteiger partial charge is 0.167 e. The van der Waals surface area contributed by atoms with Gasteiger partial charge in [-0.2, -0.15) is 0 Å². The third-order valence-corrected chi connectivity index (χ3v) is 2.98. The molecule has 0 aliphatic carbocycles. The van der Waals surface area contributed by atoms with Gasteiger partial charge in [-0.1, -0.05) is 23.2 Å². The van der Waals surface area contributed by atoms with Crippen LogP contribution in [0.5, 0.6) is 5.75 Å². The Bertz CT molecular complexity index is 553. The zero-order valence-electron chi connectivity index (χ0n) is 10.1. The van der Waals surface area contributed by atoms with E-state index in [2.05, 4.69) is 9.97 Å². The van der Waals surface area contributed by atoms with Crippen LogP contribution in [0.4, 0.5) is 0 Å². The summed E-state index contributed by atoms with van der Waals surface area (Å²) in [4.78, 5) is 8.33. The summed E-state index contributed by atoms with van der Waals surface area (Å²) in [6.07, 6.45) is 0. The Morgan fingerprint density at radius 3 is 2.56 bits per heavy atom. The molecule has 1 aromatic carbocycles. The standard InChI is InChI=1S/C13H12Cl2N2O/c1-8-5-10(3-4-11(8)14)18-7-13-16-9(2)6-12(15)17-13/h3-6H,7H2,1-2H3. The second kappa shape index (κ2) is 5.55. The summed E-state index contributed by atoms with van der Waals surface area (Å²) in [6, 6.07) is 7.19. The van der Waals surface area contributed by atoms with Gasteiger partial charge in [0.25, 0.3) is 0 Å². The van der Waals surface area contributed by atoms with Gasteiger partial charge in [-0.3, -0.25) is 0 Å². The van der Waals surface area contributed by atoms with Gasteiger partial charge in [0, 0.05) is 10.7 Å². The van der Waals surface area contributed by atoms with Gasteiger partial charge in [-0.25, -0.2) is 9.97 Å². The van der Waals surface area contributed by atoms with Crippen LogP contribution in [0.3, 0.4) is 0 Å². The van der Waals surface area contributed by atoms with Crippen LogP contribution in [0.15, 0.2) is 24.3 Å². The topological polar surface area (TPSA) is 35.0 Å². The van der Waals surface area contributed by atoms with Crippen molar-refractivity contribution in [1.29, 1.82) is 0 Å². The molecular formula is C13H12Cl2N2O. The molecule has 0 aliphatic heterocycles. The Morgan fingerprint density at radius 2 is 1.89 bits per heavy atom. The van der Waals surface area contributed by atoms with Crippen molar-refractivity contribution < 1.29 is 4.74 Å². The average molecular weight is 283 g/mol. The third-order valence-electron chi connectivity index (χ3n) is 2.37. The van der Waals surface area contributed by atoms with Crippen LogP contribution in [-0.4, -0.2) is 9.97 Å². The predicted octanol–water partition coefficient (Wildman–Crippen LogP) is 3.98. The van der Waals surface area contributed by atoms with E-state index >= 15 is 0 Å². The maximum atomic E-state index is 5.94. The highest BCUT2D eigenvalue weighted by molar-refractivity contribution is 6.31. The van der Waals surface area contributed by atoms with Crippen LogP contribution in [-0.2, 0) is 6.61 Å². The fourth-order valence-electron chi connectivity index (χ4n) is 1.51. The molecule has 2 aromatic rings. The molecule has 0 amide bonds. The number of aromatic nitrogens is 2. The van der Waals surface area contributed by atoms with Gasteiger partial charge < -0.3 is 4.74 Å². The number of aryl methyl sites for hydroxylation is 2. The minimum atomic E-state index is 0.280. The summed E-state index contributed by atoms with van der Waals surface area (Å²) in [5, 5.41) is 1.14. The van der Waals surface area contributed by atoms with Gasteiger partial charge in [-0.05, 0) is 43.7 Å². The zero-order chi connectivity index (χ0) is 13.1. The van der Waals surface area contributed by atoms with E-state index in [1.165, 1.54) is 0 Å². The quantitative estimate of drug-likeness (QED) is 0.799. The molecule has 0 unspecified atom stereocenters. The molecule has 0 spiro atoms. The van der Waals surface area contributed by atoms with Crippen LogP contribution in [0, 0.1) is 13.8 Å². The van der Waals surface area contributed by atoms with Gasteiger partial charge in [0.2, 0.25) is 0 Å². The molecule has 0 saturated heterocycles. The first kappa shape index (κ1) is 13.1. The van der Waals surface area contributed by atoms with Crippen molar-refractivity contribution in [2.45, 2.75) is 20.5 Å². The van der Waals surface area contributed by atoms with E-state index < -0.39 is 0 Å². The van der Waals surface area contributed by atoms with Crippen LogP contribution in [0.1, 0.15) is 17.1 Å². The Hall–Kier alpha value is -1.32. The van der Waals surface area contributed by atoms with E-state index in [-0.39, 0.29) is 6.61 Å². The molecule has 0 saturated carbocycles. The second-order valence-corrected chi connectivity index (χ2v) is 4.74. The highest BCUT2D eigenvalue weighted by Gasteiger charge is 2.03. The summed E-state index contributed by atoms with van der Waals surface area (Å²) >= 11 is 11.8. The fraction of sp³-hybridized carbons (Fsp3) is 0.231. The number of halogens is 2. The summed E-state index contributed by atoms with van der Waals surface area (Å²) in [5.41, 5.74) is 1.79. The zero-order valence-corrected chi connectivity index (χ0v) is 11.6. The number of rotatable bonds is 3. The first-order chi connectivity index (χ1) is 8.54. The van der Waals surface area contributed by atoms with Gasteiger partial charge in [-0.15, -0.1) is 0 Å². The van der Waals surface area contributed by atoms with Gasteiger partial charge >= 0.3 is 0 Å². The number of hydrogen-bond acceptors (Lipinski definition) is 3. The predicted molar refractivity (Wildman–Crippen MR) is 72.3 cm³/mol. The van der Waals surface area contributed by atoms with Crippen LogP contribution >= 0.6 is 23.2 Å². The van der Waals surface area contributed by atoms with Gasteiger partial charge in [0.1, 0.15) is 17.5 Å². The summed E-state index contributed by atoms with van der Waals surface area (Å²) in [6.45, 7) is 4.07. The Labute approximate surface area is 116 Å². The Kier molecular flexibility index (Phi) is 4.04. The fourth-order valence-corrected chi connectivity index (χ4v) is 1.88. The SMILES string of the molecule is Cc1cc(Cl)nc(COc2ccc(Cl)c(C)c2)n1. The molecule has 0 radical (unpaired) electrons. The molecule has 0 fully saturated rings. The lowest BCUT2D eigenvalue weighted by Gasteiger charge is -2.07. The van der Waals surface area contributed by atoms with Crippen molar-refractivity contribution in [2.75, 3.05) is 0 Å². The van der Waals surface area contributed by atoms with Crippen LogP contribution < -0.4 is 4.74 Å². The molecule has 5 heteroatoms. The molecule has 3 nitrogen and oxygen atoms in total. The number of benzene rings is 1. The molecule has 2 rings (SSSR count). The highest BCUT2D eigenvalue weighted by atomic mass is 35.5. The van der Waals surface area contributed by atoms with Crippen molar-refractivity contribution in [2.24, 2.45) is 0 Å². The van der Waals surface area contributed by atoms with E-state index in [0.29, 0.717) is 11.0 Å². The molecule has 18 heavy (non-hydrogen) atoms. The van der Waals surface area contributed by atoms with E-state index in [0.717, 1.165) is 22.0 Å². The maximum Gasteiger partial charge on any atom is 0.167 e. The molecule has 0 bridgehead atoms. The molecule has 94 valence electrons. The number of ether oxygens (including phenoxy) is 1. The van der Waals surface area contributed by atoms with E-state index in [4.69, 9.17) is 27.9 Å². The molecule has 0 aliphatic rings. The van der Waals surface area contributed by atoms with E-state index in [9.17, 15) is 0 Å². The minimum absolute atomic E-state index is 0.280. The maximum absolute atomic E-state index is 5.94. The average Bonchev–Trinajstić information content (AvgIpc) is 2.29. The Morgan fingerprint density at radius 1 is 1.11 bits per heavy atom. The third kappa shape index (κ3) is 3.34. The lowest BCUT2D eigenvalue weighted by atomic mass is 10.2. The van der Waals surface area contributed by atoms with Crippen molar-refractivity contribution in [3.05, 3.63) is 51.5 Å². The summed E-state index contributed by atoms with van der Waals surface area (Å²) < 4.78 is 5.60. The van der Waals surface area contributed by atoms with Crippen molar-refractivity contribution in [3.8, 4) is 5.75 Å². The largest absolute Gasteiger partial charge is 0.486 e. The van der Waals surface area contributed by atoms with Crippen molar-refractivity contribution >= 4 is 23.2 Å². The van der Waals surface area contributed by atoms with Gasteiger partial charge in [0.15, 0.2) is 5.82 Å². The molecule has 1 aromatic heterocycles. The molecule has 0 N–H and O–H groups in total. The normalized spacial score (nSPS) is 10.4. The summed E-state index contributed by atoms with van der Waals surface area (Å²) in [7, 11) is 0. The molecular weight excluding hydrogens is 271 g/mol. The lowest BCUT2D eigenvalue weighted by Crippen LogP contribution is -2.03. The van der Waals surface area contributed by atoms with E-state index in [1.807, 2.05) is 26.0 Å². The van der Waals surface area contributed by atoms with Crippen molar-refractivity contribution in [3.63, 3.8) is 0 Å². The Balaban J connectivity index is 2.08.